The van der Waals surface area contributed by atoms with E-state index in [9.17, 15) is 4.79 Å². The van der Waals surface area contributed by atoms with Crippen molar-refractivity contribution < 1.29 is 9.90 Å². The van der Waals surface area contributed by atoms with Crippen LogP contribution in [-0.4, -0.2) is 22.0 Å². The fourth-order valence-corrected chi connectivity index (χ4v) is 1.60. The van der Waals surface area contributed by atoms with Gasteiger partial charge in [0.05, 0.1) is 11.6 Å². The summed E-state index contributed by atoms with van der Waals surface area (Å²) in [6, 6.07) is 0. The van der Waals surface area contributed by atoms with E-state index in [1.165, 1.54) is 11.3 Å². The minimum atomic E-state index is -0.926. The van der Waals surface area contributed by atoms with Crippen molar-refractivity contribution in [1.29, 1.82) is 5.41 Å². The molecule has 1 aromatic rings. The van der Waals surface area contributed by atoms with Gasteiger partial charge in [-0.25, -0.2) is 4.98 Å². The van der Waals surface area contributed by atoms with Crippen LogP contribution in [0.25, 0.3) is 0 Å². The van der Waals surface area contributed by atoms with Crippen LogP contribution < -0.4 is 11.1 Å². The summed E-state index contributed by atoms with van der Waals surface area (Å²) in [5.41, 5.74) is 5.56. The number of hydrogen-bond acceptors (Lipinski definition) is 4. The second kappa shape index (κ2) is 4.05. The Bertz CT molecular complexity index is 362. The molecule has 0 fully saturated rings. The van der Waals surface area contributed by atoms with E-state index < -0.39 is 11.9 Å². The number of aliphatic carboxylic acids is 1. The number of carboxylic acid groups (broad SMARTS) is 1. The van der Waals surface area contributed by atoms with Crippen LogP contribution in [0.2, 0.25) is 0 Å². The molecule has 76 valence electrons. The van der Waals surface area contributed by atoms with Crippen molar-refractivity contribution in [1.82, 2.24) is 4.98 Å². The second-order valence-electron chi connectivity index (χ2n) is 2.68. The number of carboxylic acids is 1. The van der Waals surface area contributed by atoms with Crippen molar-refractivity contribution in [3.05, 3.63) is 11.1 Å². The average molecular weight is 214 g/mol. The standard InChI is InChI=1S/C7H10N4O2S/c1-3(5(12)13)4-2-14-7(10-4)11-6(8)9/h2-3H,1H3,(H,12,13)(H4,8,9,10,11). The Morgan fingerprint density at radius 1 is 1.86 bits per heavy atom. The van der Waals surface area contributed by atoms with Crippen molar-refractivity contribution >= 4 is 28.4 Å². The molecule has 0 aliphatic heterocycles. The van der Waals surface area contributed by atoms with E-state index in [-0.39, 0.29) is 5.96 Å². The van der Waals surface area contributed by atoms with Crippen molar-refractivity contribution in [2.45, 2.75) is 12.8 Å². The third kappa shape index (κ3) is 2.43. The van der Waals surface area contributed by atoms with Crippen molar-refractivity contribution in [2.75, 3.05) is 5.32 Å². The van der Waals surface area contributed by atoms with Crippen LogP contribution in [0.1, 0.15) is 18.5 Å². The van der Waals surface area contributed by atoms with Gasteiger partial charge in [0, 0.05) is 5.38 Å². The van der Waals surface area contributed by atoms with E-state index in [0.29, 0.717) is 10.8 Å². The van der Waals surface area contributed by atoms with Crippen LogP contribution in [0.15, 0.2) is 5.38 Å². The fraction of sp³-hybridized carbons (Fsp3) is 0.286. The van der Waals surface area contributed by atoms with Crippen LogP contribution in [0.4, 0.5) is 5.13 Å². The first-order chi connectivity index (χ1) is 6.50. The van der Waals surface area contributed by atoms with Gasteiger partial charge in [0.1, 0.15) is 0 Å². The van der Waals surface area contributed by atoms with Crippen LogP contribution in [-0.2, 0) is 4.79 Å². The van der Waals surface area contributed by atoms with Crippen LogP contribution in [0.5, 0.6) is 0 Å². The monoisotopic (exact) mass is 214 g/mol. The Balaban J connectivity index is 2.77. The quantitative estimate of drug-likeness (QED) is 0.435. The summed E-state index contributed by atoms with van der Waals surface area (Å²) in [5, 5.41) is 20.2. The summed E-state index contributed by atoms with van der Waals surface area (Å²) in [7, 11) is 0. The summed E-state index contributed by atoms with van der Waals surface area (Å²) in [4.78, 5) is 14.6. The van der Waals surface area contributed by atoms with E-state index in [1.807, 2.05) is 0 Å². The zero-order chi connectivity index (χ0) is 10.7. The van der Waals surface area contributed by atoms with Crippen molar-refractivity contribution in [3.63, 3.8) is 0 Å². The maximum atomic E-state index is 10.6. The van der Waals surface area contributed by atoms with Gasteiger partial charge >= 0.3 is 5.97 Å². The van der Waals surface area contributed by atoms with Crippen LogP contribution in [0.3, 0.4) is 0 Å². The Morgan fingerprint density at radius 2 is 2.50 bits per heavy atom. The van der Waals surface area contributed by atoms with E-state index in [4.69, 9.17) is 16.2 Å². The van der Waals surface area contributed by atoms with Gasteiger partial charge in [-0.05, 0) is 6.92 Å². The average Bonchev–Trinajstić information content (AvgIpc) is 2.50. The number of rotatable bonds is 3. The molecule has 0 amide bonds. The van der Waals surface area contributed by atoms with E-state index in [0.717, 1.165) is 0 Å². The Labute approximate surface area is 84.3 Å². The van der Waals surface area contributed by atoms with Crippen LogP contribution >= 0.6 is 11.3 Å². The molecule has 0 radical (unpaired) electrons. The lowest BCUT2D eigenvalue weighted by Gasteiger charge is -2.00. The number of guanidine groups is 1. The zero-order valence-electron chi connectivity index (χ0n) is 7.44. The summed E-state index contributed by atoms with van der Waals surface area (Å²) in [6.45, 7) is 1.55. The third-order valence-corrected chi connectivity index (χ3v) is 2.35. The van der Waals surface area contributed by atoms with Gasteiger partial charge < -0.3 is 16.2 Å². The number of nitrogens with zero attached hydrogens (tertiary/aromatic N) is 1. The van der Waals surface area contributed by atoms with Gasteiger partial charge in [0.2, 0.25) is 0 Å². The number of nitrogens with one attached hydrogen (secondary N) is 2. The number of aromatic nitrogens is 1. The third-order valence-electron chi connectivity index (χ3n) is 1.58. The number of anilines is 1. The largest absolute Gasteiger partial charge is 0.481 e. The first-order valence-electron chi connectivity index (χ1n) is 3.80. The van der Waals surface area contributed by atoms with Gasteiger partial charge in [-0.2, -0.15) is 0 Å². The molecule has 1 rings (SSSR count). The molecule has 5 N–H and O–H groups in total. The minimum absolute atomic E-state index is 0.214. The SMILES string of the molecule is CC(C(=O)O)c1csc(NC(=N)N)n1. The Hall–Kier alpha value is -1.63. The van der Waals surface area contributed by atoms with Crippen molar-refractivity contribution in [3.8, 4) is 0 Å². The molecule has 6 nitrogen and oxygen atoms in total. The molecule has 0 saturated heterocycles. The number of nitrogens with two attached hydrogens (primary N) is 1. The fourth-order valence-electron chi connectivity index (χ4n) is 0.784. The van der Waals surface area contributed by atoms with Gasteiger partial charge in [-0.15, -0.1) is 11.3 Å². The predicted octanol–water partition coefficient (Wildman–Crippen LogP) is 0.637. The molecule has 0 bridgehead atoms. The van der Waals surface area contributed by atoms with Gasteiger partial charge in [0.25, 0.3) is 0 Å². The molecule has 0 aromatic carbocycles. The highest BCUT2D eigenvalue weighted by Gasteiger charge is 2.16. The molecule has 0 spiro atoms. The highest BCUT2D eigenvalue weighted by molar-refractivity contribution is 7.13. The first kappa shape index (κ1) is 10.5. The topological polar surface area (TPSA) is 112 Å². The second-order valence-corrected chi connectivity index (χ2v) is 3.53. The van der Waals surface area contributed by atoms with Gasteiger partial charge in [0.15, 0.2) is 11.1 Å². The predicted molar refractivity (Wildman–Crippen MR) is 53.7 cm³/mol. The normalized spacial score (nSPS) is 12.1. The molecular formula is C7H10N4O2S. The molecule has 0 saturated carbocycles. The summed E-state index contributed by atoms with van der Waals surface area (Å²) in [6.07, 6.45) is 0. The Morgan fingerprint density at radius 3 is 3.00 bits per heavy atom. The summed E-state index contributed by atoms with van der Waals surface area (Å²) in [5.74, 6) is -1.78. The zero-order valence-corrected chi connectivity index (χ0v) is 8.26. The summed E-state index contributed by atoms with van der Waals surface area (Å²) < 4.78 is 0. The molecule has 14 heavy (non-hydrogen) atoms. The molecule has 1 heterocycles. The minimum Gasteiger partial charge on any atom is -0.481 e. The molecule has 1 atom stereocenters. The lowest BCUT2D eigenvalue weighted by Crippen LogP contribution is -2.20. The van der Waals surface area contributed by atoms with E-state index in [2.05, 4.69) is 10.3 Å². The van der Waals surface area contributed by atoms with E-state index >= 15 is 0 Å². The summed E-state index contributed by atoms with van der Waals surface area (Å²) >= 11 is 1.22. The molecule has 7 heteroatoms. The molecule has 1 aromatic heterocycles. The maximum absolute atomic E-state index is 10.6. The number of hydrogen-bond donors (Lipinski definition) is 4. The van der Waals surface area contributed by atoms with Gasteiger partial charge in [-0.3, -0.25) is 10.2 Å². The molecular weight excluding hydrogens is 204 g/mol. The lowest BCUT2D eigenvalue weighted by molar-refractivity contribution is -0.138. The molecule has 1 unspecified atom stereocenters. The van der Waals surface area contributed by atoms with Crippen LogP contribution in [0, 0.1) is 5.41 Å². The smallest absolute Gasteiger partial charge is 0.312 e. The number of thiazole rings is 1. The molecule has 0 aliphatic carbocycles. The highest BCUT2D eigenvalue weighted by Crippen LogP contribution is 2.21. The number of carbonyl (C=O) groups is 1. The van der Waals surface area contributed by atoms with E-state index in [1.54, 1.807) is 12.3 Å². The highest BCUT2D eigenvalue weighted by atomic mass is 32.1. The lowest BCUT2D eigenvalue weighted by atomic mass is 10.1. The van der Waals surface area contributed by atoms with Crippen molar-refractivity contribution in [2.24, 2.45) is 5.73 Å². The van der Waals surface area contributed by atoms with Gasteiger partial charge in [-0.1, -0.05) is 0 Å². The Kier molecular flexibility index (Phi) is 3.03. The maximum Gasteiger partial charge on any atom is 0.312 e. The first-order valence-corrected chi connectivity index (χ1v) is 4.68. The molecule has 0 aliphatic rings.